The number of anilines is 1. The van der Waals surface area contributed by atoms with E-state index in [1.165, 1.54) is 0 Å². The van der Waals surface area contributed by atoms with Gasteiger partial charge in [0.15, 0.2) is 0 Å². The minimum Gasteiger partial charge on any atom is -0.377 e. The summed E-state index contributed by atoms with van der Waals surface area (Å²) in [5, 5.41) is 2.34. The average Bonchev–Trinajstić information content (AvgIpc) is 2.44. The van der Waals surface area contributed by atoms with Crippen LogP contribution in [0.1, 0.15) is 24.2 Å². The highest BCUT2D eigenvalue weighted by molar-refractivity contribution is 5.95. The molecule has 1 atom stereocenters. The van der Waals surface area contributed by atoms with E-state index in [0.717, 1.165) is 17.0 Å². The van der Waals surface area contributed by atoms with Gasteiger partial charge in [0.2, 0.25) is 0 Å². The quantitative estimate of drug-likeness (QED) is 0.851. The zero-order chi connectivity index (χ0) is 18.1. The second-order valence-electron chi connectivity index (χ2n) is 5.74. The van der Waals surface area contributed by atoms with Crippen molar-refractivity contribution >= 4 is 11.6 Å². The molecular formula is C15H17F5N2O2. The lowest BCUT2D eigenvalue weighted by Crippen LogP contribution is -2.53. The van der Waals surface area contributed by atoms with Crippen molar-refractivity contribution in [1.82, 2.24) is 5.32 Å². The summed E-state index contributed by atoms with van der Waals surface area (Å²) in [5.74, 6) is -3.38. The SMILES string of the molecule is CC(C)NC(=O)c1c(F)cc(N2CCOCC2C(F)(F)F)cc1F. The van der Waals surface area contributed by atoms with Crippen LogP contribution >= 0.6 is 0 Å². The molecule has 1 fully saturated rings. The summed E-state index contributed by atoms with van der Waals surface area (Å²) < 4.78 is 72.3. The Morgan fingerprint density at radius 1 is 1.29 bits per heavy atom. The van der Waals surface area contributed by atoms with E-state index in [1.807, 2.05) is 0 Å². The Morgan fingerprint density at radius 3 is 2.38 bits per heavy atom. The number of rotatable bonds is 3. The first-order chi connectivity index (χ1) is 11.1. The standard InChI is InChI=1S/C15H17F5N2O2/c1-8(2)21-14(23)13-10(16)5-9(6-11(13)17)22-3-4-24-7-12(22)15(18,19)20/h5-6,8,12H,3-4,7H2,1-2H3,(H,21,23). The van der Waals surface area contributed by atoms with Crippen molar-refractivity contribution in [3.05, 3.63) is 29.3 Å². The molecule has 1 aliphatic rings. The molecule has 0 bridgehead atoms. The van der Waals surface area contributed by atoms with Crippen LogP contribution in [0.4, 0.5) is 27.6 Å². The van der Waals surface area contributed by atoms with E-state index in [-0.39, 0.29) is 24.9 Å². The fraction of sp³-hybridized carbons (Fsp3) is 0.533. The summed E-state index contributed by atoms with van der Waals surface area (Å²) in [7, 11) is 0. The average molecular weight is 352 g/mol. The maximum absolute atomic E-state index is 14.2. The highest BCUT2D eigenvalue weighted by Crippen LogP contribution is 2.32. The van der Waals surface area contributed by atoms with Crippen molar-refractivity contribution in [3.63, 3.8) is 0 Å². The summed E-state index contributed by atoms with van der Waals surface area (Å²) in [4.78, 5) is 12.6. The van der Waals surface area contributed by atoms with Crippen molar-refractivity contribution in [2.45, 2.75) is 32.1 Å². The lowest BCUT2D eigenvalue weighted by molar-refractivity contribution is -0.167. The van der Waals surface area contributed by atoms with Crippen molar-refractivity contribution in [2.24, 2.45) is 0 Å². The number of hydrogen-bond donors (Lipinski definition) is 1. The number of benzene rings is 1. The molecule has 1 aliphatic heterocycles. The van der Waals surface area contributed by atoms with Gasteiger partial charge in [0.05, 0.1) is 13.2 Å². The maximum atomic E-state index is 14.2. The molecule has 134 valence electrons. The number of morpholine rings is 1. The van der Waals surface area contributed by atoms with Crippen LogP contribution < -0.4 is 10.2 Å². The number of carbonyl (C=O) groups excluding carboxylic acids is 1. The number of hydrogen-bond acceptors (Lipinski definition) is 3. The molecule has 0 spiro atoms. The molecular weight excluding hydrogens is 335 g/mol. The van der Waals surface area contributed by atoms with Gasteiger partial charge in [0.25, 0.3) is 5.91 Å². The van der Waals surface area contributed by atoms with E-state index in [1.54, 1.807) is 13.8 Å². The smallest absolute Gasteiger partial charge is 0.377 e. The van der Waals surface area contributed by atoms with Crippen molar-refractivity contribution < 1.29 is 31.5 Å². The molecule has 9 heteroatoms. The van der Waals surface area contributed by atoms with Gasteiger partial charge in [-0.15, -0.1) is 0 Å². The van der Waals surface area contributed by atoms with Gasteiger partial charge in [-0.3, -0.25) is 4.79 Å². The number of amides is 1. The molecule has 2 rings (SSSR count). The molecule has 1 heterocycles. The number of nitrogens with zero attached hydrogens (tertiary/aromatic N) is 1. The van der Waals surface area contributed by atoms with Crippen molar-refractivity contribution in [3.8, 4) is 0 Å². The summed E-state index contributed by atoms with van der Waals surface area (Å²) in [6, 6.07) is -0.865. The lowest BCUT2D eigenvalue weighted by Gasteiger charge is -2.38. The van der Waals surface area contributed by atoms with E-state index in [9.17, 15) is 26.7 Å². The fourth-order valence-corrected chi connectivity index (χ4v) is 2.46. The number of nitrogens with one attached hydrogen (secondary N) is 1. The maximum Gasteiger partial charge on any atom is 0.411 e. The fourth-order valence-electron chi connectivity index (χ4n) is 2.46. The summed E-state index contributed by atoms with van der Waals surface area (Å²) in [5.41, 5.74) is -1.10. The van der Waals surface area contributed by atoms with E-state index in [0.29, 0.717) is 0 Å². The minimum absolute atomic E-state index is 0.00536. The van der Waals surface area contributed by atoms with Crippen LogP contribution in [-0.4, -0.2) is 43.9 Å². The Morgan fingerprint density at radius 2 is 1.88 bits per heavy atom. The lowest BCUT2D eigenvalue weighted by atomic mass is 10.1. The van der Waals surface area contributed by atoms with Gasteiger partial charge in [-0.2, -0.15) is 13.2 Å². The van der Waals surface area contributed by atoms with Crippen LogP contribution in [0.25, 0.3) is 0 Å². The molecule has 24 heavy (non-hydrogen) atoms. The first-order valence-electron chi connectivity index (χ1n) is 7.32. The van der Waals surface area contributed by atoms with E-state index >= 15 is 0 Å². The summed E-state index contributed by atoms with van der Waals surface area (Å²) in [6.07, 6.45) is -4.61. The summed E-state index contributed by atoms with van der Waals surface area (Å²) in [6.45, 7) is 2.45. The number of ether oxygens (including phenoxy) is 1. The predicted octanol–water partition coefficient (Wildman–Crippen LogP) is 2.87. The van der Waals surface area contributed by atoms with E-state index < -0.39 is 41.9 Å². The largest absolute Gasteiger partial charge is 0.411 e. The van der Waals surface area contributed by atoms with Crippen molar-refractivity contribution in [2.75, 3.05) is 24.7 Å². The van der Waals surface area contributed by atoms with Gasteiger partial charge in [-0.25, -0.2) is 8.78 Å². The Hall–Kier alpha value is -1.90. The monoisotopic (exact) mass is 352 g/mol. The molecule has 0 aliphatic carbocycles. The predicted molar refractivity (Wildman–Crippen MR) is 77.0 cm³/mol. The Kier molecular flexibility index (Phi) is 5.32. The van der Waals surface area contributed by atoms with Crippen molar-refractivity contribution in [1.29, 1.82) is 0 Å². The Balaban J connectivity index is 2.37. The molecule has 1 saturated heterocycles. The zero-order valence-corrected chi connectivity index (χ0v) is 13.1. The number of halogens is 5. The van der Waals surface area contributed by atoms with Gasteiger partial charge < -0.3 is 15.0 Å². The minimum atomic E-state index is -4.61. The van der Waals surface area contributed by atoms with E-state index in [4.69, 9.17) is 4.74 Å². The third kappa shape index (κ3) is 3.95. The molecule has 0 radical (unpaired) electrons. The van der Waals surface area contributed by atoms with Crippen LogP contribution in [0, 0.1) is 11.6 Å². The van der Waals surface area contributed by atoms with Gasteiger partial charge in [-0.05, 0) is 26.0 Å². The topological polar surface area (TPSA) is 41.6 Å². The van der Waals surface area contributed by atoms with Gasteiger partial charge >= 0.3 is 6.18 Å². The molecule has 1 unspecified atom stereocenters. The molecule has 1 aromatic rings. The second kappa shape index (κ2) is 6.92. The molecule has 1 aromatic carbocycles. The van der Waals surface area contributed by atoms with Crippen LogP contribution in [0.3, 0.4) is 0 Å². The van der Waals surface area contributed by atoms with Gasteiger partial charge in [0, 0.05) is 18.3 Å². The number of carbonyl (C=O) groups is 1. The first kappa shape index (κ1) is 18.4. The van der Waals surface area contributed by atoms with Crippen LogP contribution in [0.5, 0.6) is 0 Å². The van der Waals surface area contributed by atoms with Gasteiger partial charge in [-0.1, -0.05) is 0 Å². The molecule has 1 N–H and O–H groups in total. The normalized spacial score (nSPS) is 18.8. The third-order valence-corrected chi connectivity index (χ3v) is 3.51. The van der Waals surface area contributed by atoms with Crippen LogP contribution in [-0.2, 0) is 4.74 Å². The van der Waals surface area contributed by atoms with E-state index in [2.05, 4.69) is 5.32 Å². The molecule has 0 aromatic heterocycles. The number of alkyl halides is 3. The molecule has 0 saturated carbocycles. The van der Waals surface area contributed by atoms with Crippen LogP contribution in [0.15, 0.2) is 12.1 Å². The highest BCUT2D eigenvalue weighted by Gasteiger charge is 2.45. The first-order valence-corrected chi connectivity index (χ1v) is 7.32. The van der Waals surface area contributed by atoms with Gasteiger partial charge in [0.1, 0.15) is 23.2 Å². The third-order valence-electron chi connectivity index (χ3n) is 3.51. The summed E-state index contributed by atoms with van der Waals surface area (Å²) >= 11 is 0. The Bertz CT molecular complexity index is 595. The molecule has 4 nitrogen and oxygen atoms in total. The van der Waals surface area contributed by atoms with Crippen LogP contribution in [0.2, 0.25) is 0 Å². The molecule has 1 amide bonds. The highest BCUT2D eigenvalue weighted by atomic mass is 19.4. The Labute approximate surface area is 135 Å². The zero-order valence-electron chi connectivity index (χ0n) is 13.1. The second-order valence-corrected chi connectivity index (χ2v) is 5.74.